The average molecular weight is 950 g/mol. The zero-order valence-corrected chi connectivity index (χ0v) is 40.9. The van der Waals surface area contributed by atoms with E-state index in [1.54, 1.807) is 6.08 Å². The van der Waals surface area contributed by atoms with Gasteiger partial charge in [-0.05, 0) is 64.2 Å². The Hall–Kier alpha value is -2.57. The second-order valence-electron chi connectivity index (χ2n) is 17.9. The van der Waals surface area contributed by atoms with E-state index in [1.165, 1.54) is 51.4 Å². The minimum absolute atomic E-state index is 0.255. The lowest BCUT2D eigenvalue weighted by Crippen LogP contribution is -2.65. The van der Waals surface area contributed by atoms with Crippen LogP contribution in [-0.2, 0) is 23.7 Å². The van der Waals surface area contributed by atoms with Crippen LogP contribution in [0.3, 0.4) is 0 Å². The number of allylic oxidation sites excluding steroid dienone is 11. The molecule has 9 N–H and O–H groups in total. The van der Waals surface area contributed by atoms with Gasteiger partial charge in [-0.2, -0.15) is 0 Å². The van der Waals surface area contributed by atoms with E-state index in [2.05, 4.69) is 79.9 Å². The molecular weight excluding hydrogens is 859 g/mol. The predicted octanol–water partition coefficient (Wildman–Crippen LogP) is 6.82. The molecule has 2 aliphatic heterocycles. The lowest BCUT2D eigenvalue weighted by atomic mass is 9.97. The van der Waals surface area contributed by atoms with Crippen molar-refractivity contribution in [1.29, 1.82) is 0 Å². The van der Waals surface area contributed by atoms with E-state index in [4.69, 9.17) is 18.9 Å². The van der Waals surface area contributed by atoms with Crippen LogP contribution < -0.4 is 5.32 Å². The average Bonchev–Trinajstić information content (AvgIpc) is 3.32. The van der Waals surface area contributed by atoms with Crippen LogP contribution in [0.1, 0.15) is 162 Å². The molecule has 2 heterocycles. The topological polar surface area (TPSA) is 228 Å². The summed E-state index contributed by atoms with van der Waals surface area (Å²) in [7, 11) is 0. The number of carbonyl (C=O) groups is 1. The Kier molecular flexibility index (Phi) is 35.4. The molecule has 14 heteroatoms. The molecular formula is C53H91NO13. The monoisotopic (exact) mass is 950 g/mol. The van der Waals surface area contributed by atoms with E-state index < -0.39 is 86.8 Å². The van der Waals surface area contributed by atoms with Gasteiger partial charge in [0.1, 0.15) is 48.8 Å². The Balaban J connectivity index is 1.83. The summed E-state index contributed by atoms with van der Waals surface area (Å²) in [6, 6.07) is -0.927. The van der Waals surface area contributed by atoms with E-state index in [-0.39, 0.29) is 18.9 Å². The third-order valence-electron chi connectivity index (χ3n) is 12.1. The smallest absolute Gasteiger partial charge is 0.220 e. The summed E-state index contributed by atoms with van der Waals surface area (Å²) in [6.07, 6.45) is 32.2. The highest BCUT2D eigenvalue weighted by molar-refractivity contribution is 5.76. The molecule has 12 unspecified atom stereocenters. The van der Waals surface area contributed by atoms with Gasteiger partial charge in [-0.25, -0.2) is 0 Å². The number of aliphatic hydroxyl groups is 8. The van der Waals surface area contributed by atoms with Crippen LogP contribution in [0, 0.1) is 0 Å². The molecule has 0 aliphatic carbocycles. The van der Waals surface area contributed by atoms with Crippen LogP contribution in [-0.4, -0.2) is 140 Å². The molecule has 12 atom stereocenters. The van der Waals surface area contributed by atoms with Gasteiger partial charge in [-0.15, -0.1) is 0 Å². The quantitative estimate of drug-likeness (QED) is 0.0229. The van der Waals surface area contributed by atoms with Crippen molar-refractivity contribution in [2.24, 2.45) is 0 Å². The number of amides is 1. The van der Waals surface area contributed by atoms with Crippen molar-refractivity contribution in [1.82, 2.24) is 5.32 Å². The fourth-order valence-electron chi connectivity index (χ4n) is 7.96. The van der Waals surface area contributed by atoms with Crippen LogP contribution >= 0.6 is 0 Å². The van der Waals surface area contributed by atoms with E-state index in [0.717, 1.165) is 83.5 Å². The van der Waals surface area contributed by atoms with E-state index >= 15 is 0 Å². The normalized spacial score (nSPS) is 27.2. The molecule has 386 valence electrons. The zero-order chi connectivity index (χ0) is 48.9. The van der Waals surface area contributed by atoms with Crippen molar-refractivity contribution in [2.45, 2.75) is 235 Å². The summed E-state index contributed by atoms with van der Waals surface area (Å²) in [5.74, 6) is -0.263. The maximum atomic E-state index is 13.2. The van der Waals surface area contributed by atoms with Crippen LogP contribution in [0.15, 0.2) is 72.9 Å². The summed E-state index contributed by atoms with van der Waals surface area (Å²) in [4.78, 5) is 13.2. The van der Waals surface area contributed by atoms with Gasteiger partial charge in [0.2, 0.25) is 5.91 Å². The lowest BCUT2D eigenvalue weighted by Gasteiger charge is -2.46. The minimum Gasteiger partial charge on any atom is -0.394 e. The highest BCUT2D eigenvalue weighted by Gasteiger charge is 2.51. The molecule has 2 fully saturated rings. The van der Waals surface area contributed by atoms with Gasteiger partial charge in [0.05, 0.1) is 32.0 Å². The number of rotatable bonds is 38. The molecule has 0 aromatic rings. The van der Waals surface area contributed by atoms with Gasteiger partial charge in [-0.3, -0.25) is 4.79 Å². The Labute approximate surface area is 402 Å². The first-order valence-corrected chi connectivity index (χ1v) is 25.7. The van der Waals surface area contributed by atoms with E-state index in [0.29, 0.717) is 6.42 Å². The Bertz CT molecular complexity index is 1400. The Morgan fingerprint density at radius 1 is 0.552 bits per heavy atom. The number of carbonyl (C=O) groups excluding carboxylic acids is 1. The van der Waals surface area contributed by atoms with E-state index in [9.17, 15) is 45.6 Å². The molecule has 67 heavy (non-hydrogen) atoms. The van der Waals surface area contributed by atoms with Gasteiger partial charge in [-0.1, -0.05) is 164 Å². The molecule has 2 saturated heterocycles. The van der Waals surface area contributed by atoms with Crippen molar-refractivity contribution >= 4 is 5.91 Å². The molecule has 14 nitrogen and oxygen atoms in total. The largest absolute Gasteiger partial charge is 0.394 e. The van der Waals surface area contributed by atoms with Crippen molar-refractivity contribution in [3.8, 4) is 0 Å². The SMILES string of the molecule is CC/C=C\C/C=C\C/C=C\C/C=C\C/C=C\CCCCCCCC(=O)NC(COC1OC(CO)C(OC2OC(CO)C(O)C(O)C2O)C(O)C1O)C(O)/C=C/CCCCCCCCCCCC. The number of unbranched alkanes of at least 4 members (excludes halogenated alkanes) is 15. The van der Waals surface area contributed by atoms with Gasteiger partial charge in [0, 0.05) is 6.42 Å². The molecule has 0 radical (unpaired) electrons. The highest BCUT2D eigenvalue weighted by Crippen LogP contribution is 2.30. The number of hydrogen-bond acceptors (Lipinski definition) is 13. The first-order valence-electron chi connectivity index (χ1n) is 25.7. The Morgan fingerprint density at radius 3 is 1.58 bits per heavy atom. The maximum absolute atomic E-state index is 13.2. The third-order valence-corrected chi connectivity index (χ3v) is 12.1. The highest BCUT2D eigenvalue weighted by atomic mass is 16.7. The van der Waals surface area contributed by atoms with Crippen molar-refractivity contribution in [3.63, 3.8) is 0 Å². The number of hydrogen-bond donors (Lipinski definition) is 9. The van der Waals surface area contributed by atoms with Crippen LogP contribution in [0.25, 0.3) is 0 Å². The number of aliphatic hydroxyl groups excluding tert-OH is 8. The summed E-state index contributed by atoms with van der Waals surface area (Å²) < 4.78 is 22.7. The fraction of sp³-hybridized carbons (Fsp3) is 0.755. The van der Waals surface area contributed by atoms with Gasteiger partial charge < -0.3 is 65.1 Å². The standard InChI is InChI=1S/C53H91NO13/c1-3-5-7-9-11-13-15-17-18-19-20-21-22-23-24-25-27-29-31-33-35-37-45(58)54-41(42(57)36-34-32-30-28-26-16-14-12-10-8-6-4-2)40-64-52-50(63)48(61)51(44(39-56)66-52)67-53-49(62)47(60)46(59)43(38-55)65-53/h5,7,11,13,17-18,20-21,23-24,34,36,41-44,46-53,55-57,59-63H,3-4,6,8-10,12,14-16,19,22,25-33,35,37-40H2,1-2H3,(H,54,58)/b7-5-,13-11-,18-17-,21-20-,24-23-,36-34+. The van der Waals surface area contributed by atoms with Gasteiger partial charge >= 0.3 is 0 Å². The minimum atomic E-state index is -1.79. The maximum Gasteiger partial charge on any atom is 0.220 e. The summed E-state index contributed by atoms with van der Waals surface area (Å²) in [6.45, 7) is 2.63. The molecule has 0 spiro atoms. The number of ether oxygens (including phenoxy) is 4. The van der Waals surface area contributed by atoms with Crippen LogP contribution in [0.2, 0.25) is 0 Å². The van der Waals surface area contributed by atoms with Crippen molar-refractivity contribution in [2.75, 3.05) is 19.8 Å². The molecule has 0 aromatic carbocycles. The van der Waals surface area contributed by atoms with E-state index in [1.807, 2.05) is 6.08 Å². The molecule has 2 rings (SSSR count). The fourth-order valence-corrected chi connectivity index (χ4v) is 7.96. The zero-order valence-electron chi connectivity index (χ0n) is 40.9. The summed E-state index contributed by atoms with van der Waals surface area (Å²) >= 11 is 0. The first-order chi connectivity index (χ1) is 32.6. The predicted molar refractivity (Wildman–Crippen MR) is 263 cm³/mol. The number of nitrogens with one attached hydrogen (secondary N) is 1. The molecule has 1 amide bonds. The molecule has 0 saturated carbocycles. The lowest BCUT2D eigenvalue weighted by molar-refractivity contribution is -0.359. The summed E-state index contributed by atoms with van der Waals surface area (Å²) in [5, 5.41) is 86.7. The van der Waals surface area contributed by atoms with Crippen LogP contribution in [0.4, 0.5) is 0 Å². The molecule has 2 aliphatic rings. The van der Waals surface area contributed by atoms with Crippen LogP contribution in [0.5, 0.6) is 0 Å². The first kappa shape index (κ1) is 60.6. The third kappa shape index (κ3) is 26.3. The second kappa shape index (κ2) is 39.2. The second-order valence-corrected chi connectivity index (χ2v) is 17.9. The van der Waals surface area contributed by atoms with Gasteiger partial charge in [0.25, 0.3) is 0 Å². The molecule has 0 bridgehead atoms. The van der Waals surface area contributed by atoms with Crippen molar-refractivity contribution in [3.05, 3.63) is 72.9 Å². The molecule has 0 aromatic heterocycles. The van der Waals surface area contributed by atoms with Gasteiger partial charge in [0.15, 0.2) is 12.6 Å². The Morgan fingerprint density at radius 2 is 1.03 bits per heavy atom. The van der Waals surface area contributed by atoms with Crippen molar-refractivity contribution < 1.29 is 64.6 Å². The summed E-state index contributed by atoms with van der Waals surface area (Å²) in [5.41, 5.74) is 0.